The zero-order chi connectivity index (χ0) is 13.0. The van der Waals surface area contributed by atoms with Crippen molar-refractivity contribution in [2.24, 2.45) is 0 Å². The smallest absolute Gasteiger partial charge is 0.118 e. The quantitative estimate of drug-likeness (QED) is 0.822. The molecule has 2 atom stereocenters. The molecule has 0 aromatic heterocycles. The number of hydrogen-bond acceptors (Lipinski definition) is 3. The van der Waals surface area contributed by atoms with Gasteiger partial charge in [-0.05, 0) is 42.9 Å². The molecule has 0 bridgehead atoms. The molecule has 100 valence electrons. The SMILES string of the molecule is COc1ccc(C2CC(OC)CC(OC)C2)cc1. The highest BCUT2D eigenvalue weighted by Crippen LogP contribution is 2.35. The van der Waals surface area contributed by atoms with Crippen LogP contribution in [0.1, 0.15) is 30.7 Å². The van der Waals surface area contributed by atoms with Crippen molar-refractivity contribution in [2.45, 2.75) is 37.4 Å². The van der Waals surface area contributed by atoms with Gasteiger partial charge in [0.15, 0.2) is 0 Å². The van der Waals surface area contributed by atoms with Crippen LogP contribution in [0.25, 0.3) is 0 Å². The van der Waals surface area contributed by atoms with Crippen LogP contribution in [-0.2, 0) is 9.47 Å². The van der Waals surface area contributed by atoms with E-state index in [-0.39, 0.29) is 0 Å². The van der Waals surface area contributed by atoms with E-state index in [1.165, 1.54) is 5.56 Å². The molecule has 0 radical (unpaired) electrons. The van der Waals surface area contributed by atoms with Crippen LogP contribution < -0.4 is 4.74 Å². The maximum Gasteiger partial charge on any atom is 0.118 e. The molecule has 0 heterocycles. The Balaban J connectivity index is 2.09. The van der Waals surface area contributed by atoms with E-state index in [1.807, 2.05) is 12.1 Å². The molecule has 3 nitrogen and oxygen atoms in total. The summed E-state index contributed by atoms with van der Waals surface area (Å²) in [7, 11) is 5.26. The fourth-order valence-corrected chi connectivity index (χ4v) is 2.75. The molecule has 1 aromatic carbocycles. The molecule has 3 heteroatoms. The van der Waals surface area contributed by atoms with Gasteiger partial charge in [0.1, 0.15) is 5.75 Å². The Kier molecular flexibility index (Phi) is 4.61. The molecule has 0 N–H and O–H groups in total. The number of hydrogen-bond donors (Lipinski definition) is 0. The lowest BCUT2D eigenvalue weighted by atomic mass is 9.81. The Bertz CT molecular complexity index is 349. The third kappa shape index (κ3) is 3.03. The van der Waals surface area contributed by atoms with Gasteiger partial charge in [0.05, 0.1) is 19.3 Å². The number of benzene rings is 1. The maximum absolute atomic E-state index is 5.52. The topological polar surface area (TPSA) is 27.7 Å². The van der Waals surface area contributed by atoms with E-state index in [0.29, 0.717) is 18.1 Å². The minimum Gasteiger partial charge on any atom is -0.497 e. The summed E-state index contributed by atoms with van der Waals surface area (Å²) in [6.07, 6.45) is 3.75. The van der Waals surface area contributed by atoms with Crippen molar-refractivity contribution in [1.29, 1.82) is 0 Å². The van der Waals surface area contributed by atoms with E-state index in [9.17, 15) is 0 Å². The molecule has 0 amide bonds. The van der Waals surface area contributed by atoms with Gasteiger partial charge in [-0.25, -0.2) is 0 Å². The minimum atomic E-state index is 0.302. The van der Waals surface area contributed by atoms with E-state index >= 15 is 0 Å². The predicted molar refractivity (Wildman–Crippen MR) is 71.2 cm³/mol. The van der Waals surface area contributed by atoms with E-state index < -0.39 is 0 Å². The summed E-state index contributed by atoms with van der Waals surface area (Å²) >= 11 is 0. The Morgan fingerprint density at radius 1 is 0.833 bits per heavy atom. The molecule has 0 spiro atoms. The van der Waals surface area contributed by atoms with Gasteiger partial charge in [-0.1, -0.05) is 12.1 Å². The highest BCUT2D eigenvalue weighted by Gasteiger charge is 2.29. The van der Waals surface area contributed by atoms with Gasteiger partial charge in [0.2, 0.25) is 0 Å². The molecule has 2 unspecified atom stereocenters. The lowest BCUT2D eigenvalue weighted by Gasteiger charge is -2.33. The Labute approximate surface area is 109 Å². The van der Waals surface area contributed by atoms with E-state index in [4.69, 9.17) is 14.2 Å². The van der Waals surface area contributed by atoms with Crippen LogP contribution in [0.5, 0.6) is 5.75 Å². The summed E-state index contributed by atoms with van der Waals surface area (Å²) in [5.74, 6) is 1.42. The molecular formula is C15H22O3. The lowest BCUT2D eigenvalue weighted by molar-refractivity contribution is -0.0170. The summed E-state index contributed by atoms with van der Waals surface area (Å²) in [6, 6.07) is 8.34. The summed E-state index contributed by atoms with van der Waals surface area (Å²) in [5, 5.41) is 0. The molecule has 0 saturated heterocycles. The van der Waals surface area contributed by atoms with E-state index in [2.05, 4.69) is 12.1 Å². The number of ether oxygens (including phenoxy) is 3. The second kappa shape index (κ2) is 6.21. The zero-order valence-corrected chi connectivity index (χ0v) is 11.4. The average molecular weight is 250 g/mol. The summed E-state index contributed by atoms with van der Waals surface area (Å²) in [6.45, 7) is 0. The van der Waals surface area contributed by atoms with Crippen molar-refractivity contribution in [2.75, 3.05) is 21.3 Å². The lowest BCUT2D eigenvalue weighted by Crippen LogP contribution is -2.31. The van der Waals surface area contributed by atoms with Crippen LogP contribution in [0.2, 0.25) is 0 Å². The molecule has 1 saturated carbocycles. The standard InChI is InChI=1S/C15H22O3/c1-16-13-6-4-11(5-7-13)12-8-14(17-2)10-15(9-12)18-3/h4-7,12,14-15H,8-10H2,1-3H3. The van der Waals surface area contributed by atoms with Crippen molar-refractivity contribution in [3.8, 4) is 5.75 Å². The molecule has 1 aliphatic rings. The molecule has 1 aliphatic carbocycles. The van der Waals surface area contributed by atoms with Crippen molar-refractivity contribution >= 4 is 0 Å². The Morgan fingerprint density at radius 3 is 1.83 bits per heavy atom. The summed E-state index contributed by atoms with van der Waals surface area (Å²) in [5.41, 5.74) is 1.35. The third-order valence-corrected chi connectivity index (χ3v) is 3.87. The van der Waals surface area contributed by atoms with Crippen molar-refractivity contribution in [3.05, 3.63) is 29.8 Å². The minimum absolute atomic E-state index is 0.302. The van der Waals surface area contributed by atoms with Crippen LogP contribution in [0, 0.1) is 0 Å². The van der Waals surface area contributed by atoms with Gasteiger partial charge in [0, 0.05) is 14.2 Å². The van der Waals surface area contributed by atoms with Crippen LogP contribution in [0.15, 0.2) is 24.3 Å². The van der Waals surface area contributed by atoms with E-state index in [0.717, 1.165) is 25.0 Å². The molecule has 2 rings (SSSR count). The van der Waals surface area contributed by atoms with E-state index in [1.54, 1.807) is 21.3 Å². The van der Waals surface area contributed by atoms with Gasteiger partial charge in [-0.3, -0.25) is 0 Å². The van der Waals surface area contributed by atoms with Crippen LogP contribution in [0.4, 0.5) is 0 Å². The Morgan fingerprint density at radius 2 is 1.39 bits per heavy atom. The first-order valence-electron chi connectivity index (χ1n) is 6.46. The highest BCUT2D eigenvalue weighted by molar-refractivity contribution is 5.29. The first kappa shape index (κ1) is 13.4. The largest absolute Gasteiger partial charge is 0.497 e. The second-order valence-electron chi connectivity index (χ2n) is 4.89. The van der Waals surface area contributed by atoms with Crippen molar-refractivity contribution in [3.63, 3.8) is 0 Å². The van der Waals surface area contributed by atoms with Gasteiger partial charge >= 0.3 is 0 Å². The number of rotatable bonds is 4. The normalized spacial score (nSPS) is 28.1. The van der Waals surface area contributed by atoms with Crippen LogP contribution in [0.3, 0.4) is 0 Å². The highest BCUT2D eigenvalue weighted by atomic mass is 16.5. The van der Waals surface area contributed by atoms with Crippen LogP contribution in [-0.4, -0.2) is 33.5 Å². The van der Waals surface area contributed by atoms with Gasteiger partial charge in [-0.2, -0.15) is 0 Å². The molecule has 1 aromatic rings. The third-order valence-electron chi connectivity index (χ3n) is 3.87. The first-order valence-corrected chi connectivity index (χ1v) is 6.46. The first-order chi connectivity index (χ1) is 8.76. The van der Waals surface area contributed by atoms with Crippen molar-refractivity contribution < 1.29 is 14.2 Å². The maximum atomic E-state index is 5.52. The number of methoxy groups -OCH3 is 3. The monoisotopic (exact) mass is 250 g/mol. The molecule has 18 heavy (non-hydrogen) atoms. The summed E-state index contributed by atoms with van der Waals surface area (Å²) < 4.78 is 16.2. The van der Waals surface area contributed by atoms with Gasteiger partial charge in [0.25, 0.3) is 0 Å². The summed E-state index contributed by atoms with van der Waals surface area (Å²) in [4.78, 5) is 0. The van der Waals surface area contributed by atoms with Gasteiger partial charge in [-0.15, -0.1) is 0 Å². The fourth-order valence-electron chi connectivity index (χ4n) is 2.75. The van der Waals surface area contributed by atoms with Crippen molar-refractivity contribution in [1.82, 2.24) is 0 Å². The average Bonchev–Trinajstić information content (AvgIpc) is 2.46. The molecule has 1 fully saturated rings. The Hall–Kier alpha value is -1.06. The predicted octanol–water partition coefficient (Wildman–Crippen LogP) is 2.99. The van der Waals surface area contributed by atoms with Crippen LogP contribution >= 0.6 is 0 Å². The fraction of sp³-hybridized carbons (Fsp3) is 0.600. The molecule has 0 aliphatic heterocycles. The van der Waals surface area contributed by atoms with Gasteiger partial charge < -0.3 is 14.2 Å². The molecular weight excluding hydrogens is 228 g/mol. The zero-order valence-electron chi connectivity index (χ0n) is 11.4. The second-order valence-corrected chi connectivity index (χ2v) is 4.89.